The predicted molar refractivity (Wildman–Crippen MR) is 113 cm³/mol. The minimum absolute atomic E-state index is 0.138. The monoisotopic (exact) mass is 396 g/mol. The number of thiazole rings is 1. The van der Waals surface area contributed by atoms with Crippen molar-refractivity contribution < 1.29 is 4.79 Å². The number of hydrogen-bond acceptors (Lipinski definition) is 5. The quantitative estimate of drug-likeness (QED) is 0.523. The minimum atomic E-state index is -0.429. The average molecular weight is 396 g/mol. The van der Waals surface area contributed by atoms with Crippen molar-refractivity contribution in [1.29, 1.82) is 5.26 Å². The molecule has 0 atom stereocenters. The molecule has 4 rings (SSSR count). The molecular weight excluding hydrogens is 380 g/mol. The van der Waals surface area contributed by atoms with Gasteiger partial charge in [-0.25, -0.2) is 9.97 Å². The second-order valence-electron chi connectivity index (χ2n) is 6.32. The second kappa shape index (κ2) is 8.46. The molecule has 0 saturated carbocycles. The highest BCUT2D eigenvalue weighted by Gasteiger charge is 2.23. The van der Waals surface area contributed by atoms with E-state index in [-0.39, 0.29) is 5.91 Å². The first-order valence-corrected chi connectivity index (χ1v) is 9.79. The van der Waals surface area contributed by atoms with Gasteiger partial charge in [-0.2, -0.15) is 5.26 Å². The molecule has 1 amide bonds. The lowest BCUT2D eigenvalue weighted by molar-refractivity contribution is -0.116. The fourth-order valence-electron chi connectivity index (χ4n) is 3.03. The van der Waals surface area contributed by atoms with Gasteiger partial charge in [0.2, 0.25) is 5.91 Å². The van der Waals surface area contributed by atoms with E-state index < -0.39 is 5.92 Å². The number of carbonyl (C=O) groups excluding carboxylic acids is 1. The summed E-state index contributed by atoms with van der Waals surface area (Å²) in [5.41, 5.74) is 3.05. The molecule has 4 aromatic rings. The molecule has 0 bridgehead atoms. The van der Waals surface area contributed by atoms with Crippen molar-refractivity contribution in [2.24, 2.45) is 0 Å². The third kappa shape index (κ3) is 4.21. The molecule has 0 aliphatic carbocycles. The van der Waals surface area contributed by atoms with Gasteiger partial charge in [-0.3, -0.25) is 4.79 Å². The number of nitrogens with one attached hydrogen (secondary N) is 1. The number of pyridine rings is 1. The molecule has 0 saturated heterocycles. The summed E-state index contributed by atoms with van der Waals surface area (Å²) in [4.78, 5) is 22.4. The maximum atomic E-state index is 13.1. The Morgan fingerprint density at radius 1 is 0.897 bits per heavy atom. The maximum absolute atomic E-state index is 13.1. The van der Waals surface area contributed by atoms with Crippen LogP contribution in [0.15, 0.2) is 85.2 Å². The van der Waals surface area contributed by atoms with Crippen LogP contribution in [0.3, 0.4) is 0 Å². The van der Waals surface area contributed by atoms with Crippen LogP contribution in [-0.2, 0) is 4.79 Å². The summed E-state index contributed by atoms with van der Waals surface area (Å²) >= 11 is 1.37. The fraction of sp³-hybridized carbons (Fsp3) is 0.0435. The van der Waals surface area contributed by atoms with E-state index in [0.717, 1.165) is 21.6 Å². The van der Waals surface area contributed by atoms with Crippen LogP contribution >= 0.6 is 11.3 Å². The number of aromatic nitrogens is 2. The zero-order valence-electron chi connectivity index (χ0n) is 15.3. The Balaban J connectivity index is 1.58. The lowest BCUT2D eigenvalue weighted by Gasteiger charge is -2.17. The first-order chi connectivity index (χ1) is 14.2. The first kappa shape index (κ1) is 18.5. The van der Waals surface area contributed by atoms with Crippen LogP contribution < -0.4 is 5.32 Å². The number of nitrogens with zero attached hydrogens (tertiary/aromatic N) is 3. The summed E-state index contributed by atoms with van der Waals surface area (Å²) in [5.74, 6) is -0.567. The normalized spacial score (nSPS) is 10.5. The van der Waals surface area contributed by atoms with Gasteiger partial charge in [0, 0.05) is 18.0 Å². The van der Waals surface area contributed by atoms with Crippen LogP contribution in [0.1, 0.15) is 22.7 Å². The average Bonchev–Trinajstić information content (AvgIpc) is 3.24. The molecule has 2 aromatic heterocycles. The van der Waals surface area contributed by atoms with Crippen LogP contribution in [0.2, 0.25) is 0 Å². The van der Waals surface area contributed by atoms with E-state index in [9.17, 15) is 4.79 Å². The van der Waals surface area contributed by atoms with E-state index >= 15 is 0 Å². The second-order valence-corrected chi connectivity index (χ2v) is 7.35. The van der Waals surface area contributed by atoms with Crippen molar-refractivity contribution in [2.75, 3.05) is 5.32 Å². The highest BCUT2D eigenvalue weighted by atomic mass is 32.1. The van der Waals surface area contributed by atoms with Gasteiger partial charge >= 0.3 is 0 Å². The highest BCUT2D eigenvalue weighted by molar-refractivity contribution is 7.19. The van der Waals surface area contributed by atoms with Gasteiger partial charge in [0.25, 0.3) is 0 Å². The molecule has 29 heavy (non-hydrogen) atoms. The number of rotatable bonds is 5. The Kier molecular flexibility index (Phi) is 5.41. The van der Waals surface area contributed by atoms with Gasteiger partial charge in [0.05, 0.1) is 10.8 Å². The zero-order valence-corrected chi connectivity index (χ0v) is 16.1. The van der Waals surface area contributed by atoms with E-state index in [1.165, 1.54) is 11.3 Å². The van der Waals surface area contributed by atoms with E-state index in [1.54, 1.807) is 18.5 Å². The van der Waals surface area contributed by atoms with Crippen LogP contribution in [0.25, 0.3) is 10.4 Å². The number of anilines is 1. The van der Waals surface area contributed by atoms with Crippen LogP contribution in [0.4, 0.5) is 5.13 Å². The molecule has 0 radical (unpaired) electrons. The lowest BCUT2D eigenvalue weighted by Crippen LogP contribution is -2.22. The molecule has 2 heterocycles. The molecule has 0 aliphatic rings. The van der Waals surface area contributed by atoms with Crippen molar-refractivity contribution in [2.45, 2.75) is 5.92 Å². The van der Waals surface area contributed by atoms with Crippen LogP contribution in [-0.4, -0.2) is 15.9 Å². The number of nitriles is 1. The Hall–Kier alpha value is -3.82. The van der Waals surface area contributed by atoms with Crippen molar-refractivity contribution in [3.05, 3.63) is 102 Å². The molecule has 140 valence electrons. The molecule has 0 aliphatic heterocycles. The zero-order chi connectivity index (χ0) is 20.1. The Morgan fingerprint density at radius 2 is 1.55 bits per heavy atom. The van der Waals surface area contributed by atoms with Gasteiger partial charge in [-0.05, 0) is 23.3 Å². The van der Waals surface area contributed by atoms with Crippen molar-refractivity contribution in [1.82, 2.24) is 9.97 Å². The molecule has 2 aromatic carbocycles. The molecule has 0 spiro atoms. The first-order valence-electron chi connectivity index (χ1n) is 8.98. The highest BCUT2D eigenvalue weighted by Crippen LogP contribution is 2.31. The maximum Gasteiger partial charge on any atom is 0.238 e. The van der Waals surface area contributed by atoms with Crippen LogP contribution in [0, 0.1) is 11.3 Å². The summed E-state index contributed by atoms with van der Waals surface area (Å²) in [6, 6.07) is 24.9. The van der Waals surface area contributed by atoms with Gasteiger partial charge in [0.15, 0.2) is 5.13 Å². The van der Waals surface area contributed by atoms with Gasteiger partial charge in [-0.15, -0.1) is 0 Å². The summed E-state index contributed by atoms with van der Waals surface area (Å²) in [6.45, 7) is 0. The van der Waals surface area contributed by atoms with E-state index in [4.69, 9.17) is 5.26 Å². The number of benzene rings is 2. The Labute approximate surface area is 172 Å². The topological polar surface area (TPSA) is 78.7 Å². The number of amides is 1. The number of carbonyl (C=O) groups is 1. The molecule has 0 fully saturated rings. The van der Waals surface area contributed by atoms with E-state index in [2.05, 4.69) is 15.3 Å². The molecule has 0 unspecified atom stereocenters. The molecular formula is C23H16N4OS. The summed E-state index contributed by atoms with van der Waals surface area (Å²) in [7, 11) is 0. The van der Waals surface area contributed by atoms with Crippen molar-refractivity contribution in [3.8, 4) is 16.5 Å². The van der Waals surface area contributed by atoms with Crippen LogP contribution in [0.5, 0.6) is 0 Å². The Morgan fingerprint density at radius 3 is 2.10 bits per heavy atom. The van der Waals surface area contributed by atoms with E-state index in [0.29, 0.717) is 10.8 Å². The third-order valence-corrected chi connectivity index (χ3v) is 5.39. The molecule has 6 heteroatoms. The van der Waals surface area contributed by atoms with Crippen molar-refractivity contribution in [3.63, 3.8) is 0 Å². The molecule has 5 nitrogen and oxygen atoms in total. The summed E-state index contributed by atoms with van der Waals surface area (Å²) in [6.07, 6.45) is 3.33. The fourth-order valence-corrected chi connectivity index (χ4v) is 3.84. The standard InChI is InChI=1S/C23H16N4OS/c24-13-19-12-11-18(14-25-19)20-15-26-23(29-20)27-22(28)21(16-7-3-1-4-8-16)17-9-5-2-6-10-17/h1-12,14-15,21H,(H,26,27,28). The summed E-state index contributed by atoms with van der Waals surface area (Å²) in [5, 5.41) is 12.3. The van der Waals surface area contributed by atoms with Crippen molar-refractivity contribution >= 4 is 22.4 Å². The SMILES string of the molecule is N#Cc1ccc(-c2cnc(NC(=O)C(c3ccccc3)c3ccccc3)s2)cn1. The smallest absolute Gasteiger partial charge is 0.238 e. The number of hydrogen-bond donors (Lipinski definition) is 1. The van der Waals surface area contributed by atoms with Gasteiger partial charge in [0.1, 0.15) is 11.8 Å². The predicted octanol–water partition coefficient (Wildman–Crippen LogP) is 4.85. The molecule has 1 N–H and O–H groups in total. The minimum Gasteiger partial charge on any atom is -0.301 e. The van der Waals surface area contributed by atoms with E-state index in [1.807, 2.05) is 72.8 Å². The largest absolute Gasteiger partial charge is 0.301 e. The Bertz CT molecular complexity index is 1110. The van der Waals surface area contributed by atoms with Gasteiger partial charge in [-0.1, -0.05) is 72.0 Å². The lowest BCUT2D eigenvalue weighted by atomic mass is 9.90. The summed E-state index contributed by atoms with van der Waals surface area (Å²) < 4.78 is 0. The van der Waals surface area contributed by atoms with Gasteiger partial charge < -0.3 is 5.32 Å². The third-order valence-electron chi connectivity index (χ3n) is 4.43.